The Labute approximate surface area is 124 Å². The normalized spacial score (nSPS) is 40.5. The van der Waals surface area contributed by atoms with Crippen molar-refractivity contribution in [3.63, 3.8) is 0 Å². The molecule has 2 rings (SSSR count). The summed E-state index contributed by atoms with van der Waals surface area (Å²) in [5, 5.41) is 0. The summed E-state index contributed by atoms with van der Waals surface area (Å²) in [6.07, 6.45) is 1.43. The standard InChI is InChI=1S/C11H22O8P2/c1-3-5-14-20(12)16-7-11(8-17-20)9-18-21(13,19-10-11)15-6-4-2/h3-10H2,1-2H3. The molecule has 0 unspecified atom stereocenters. The Balaban J connectivity index is 1.85. The molecule has 0 N–H and O–H groups in total. The molecule has 2 saturated heterocycles. The lowest BCUT2D eigenvalue weighted by Crippen LogP contribution is -2.45. The molecule has 0 atom stereocenters. The average molecular weight is 344 g/mol. The van der Waals surface area contributed by atoms with Crippen molar-refractivity contribution in [1.82, 2.24) is 0 Å². The Kier molecular flexibility index (Phi) is 6.02. The molecule has 124 valence electrons. The Bertz CT molecular complexity index is 372. The number of hydrogen-bond donors (Lipinski definition) is 0. The van der Waals surface area contributed by atoms with Gasteiger partial charge >= 0.3 is 15.6 Å². The minimum atomic E-state index is -3.48. The van der Waals surface area contributed by atoms with E-state index in [-0.39, 0.29) is 26.4 Å². The van der Waals surface area contributed by atoms with E-state index in [2.05, 4.69) is 0 Å². The molecule has 0 saturated carbocycles. The van der Waals surface area contributed by atoms with Gasteiger partial charge in [-0.15, -0.1) is 0 Å². The molecule has 0 amide bonds. The van der Waals surface area contributed by atoms with Gasteiger partial charge in [0, 0.05) is 0 Å². The van der Waals surface area contributed by atoms with E-state index in [4.69, 9.17) is 27.1 Å². The van der Waals surface area contributed by atoms with Crippen LogP contribution in [0.5, 0.6) is 0 Å². The molecule has 21 heavy (non-hydrogen) atoms. The van der Waals surface area contributed by atoms with Gasteiger partial charge in [0.15, 0.2) is 0 Å². The quantitative estimate of drug-likeness (QED) is 0.679. The van der Waals surface area contributed by atoms with Crippen molar-refractivity contribution in [2.45, 2.75) is 26.7 Å². The molecule has 2 fully saturated rings. The van der Waals surface area contributed by atoms with Gasteiger partial charge < -0.3 is 0 Å². The van der Waals surface area contributed by atoms with Crippen LogP contribution in [0.1, 0.15) is 26.7 Å². The van der Waals surface area contributed by atoms with Crippen molar-refractivity contribution < 1.29 is 36.3 Å². The SMILES string of the molecule is CCCOP1(=O)OCC2(CO1)COP(=O)(OCCC)OC2. The first-order chi connectivity index (χ1) is 9.95. The third-order valence-electron chi connectivity index (χ3n) is 3.02. The molecular weight excluding hydrogens is 322 g/mol. The summed E-state index contributed by atoms with van der Waals surface area (Å²) in [5.74, 6) is 0. The lowest BCUT2D eigenvalue weighted by atomic mass is 9.93. The van der Waals surface area contributed by atoms with Gasteiger partial charge in [-0.2, -0.15) is 0 Å². The molecule has 2 aliphatic heterocycles. The molecule has 1 spiro atoms. The molecule has 0 aromatic carbocycles. The first kappa shape index (κ1) is 17.6. The van der Waals surface area contributed by atoms with Gasteiger partial charge in [-0.25, -0.2) is 9.13 Å². The summed E-state index contributed by atoms with van der Waals surface area (Å²) in [5.41, 5.74) is -0.632. The van der Waals surface area contributed by atoms with E-state index in [0.717, 1.165) is 0 Å². The maximum atomic E-state index is 12.1. The van der Waals surface area contributed by atoms with Crippen LogP contribution in [0.3, 0.4) is 0 Å². The second-order valence-corrected chi connectivity index (χ2v) is 8.49. The van der Waals surface area contributed by atoms with Crippen LogP contribution in [0.15, 0.2) is 0 Å². The Morgan fingerprint density at radius 2 is 1.14 bits per heavy atom. The molecule has 8 nitrogen and oxygen atoms in total. The van der Waals surface area contributed by atoms with Crippen LogP contribution in [-0.4, -0.2) is 39.6 Å². The third-order valence-corrected chi connectivity index (χ3v) is 5.80. The largest absolute Gasteiger partial charge is 0.474 e. The van der Waals surface area contributed by atoms with Gasteiger partial charge in [0.2, 0.25) is 0 Å². The highest BCUT2D eigenvalue weighted by molar-refractivity contribution is 7.48. The molecule has 2 heterocycles. The van der Waals surface area contributed by atoms with Gasteiger partial charge in [-0.1, -0.05) is 13.8 Å². The van der Waals surface area contributed by atoms with Gasteiger partial charge in [-0.3, -0.25) is 27.1 Å². The van der Waals surface area contributed by atoms with Crippen molar-refractivity contribution in [1.29, 1.82) is 0 Å². The van der Waals surface area contributed by atoms with E-state index in [0.29, 0.717) is 26.1 Å². The van der Waals surface area contributed by atoms with Crippen molar-refractivity contribution in [2.24, 2.45) is 5.41 Å². The number of rotatable bonds is 6. The minimum absolute atomic E-state index is 0.0990. The molecule has 0 aliphatic carbocycles. The minimum Gasteiger partial charge on any atom is -0.287 e. The fourth-order valence-corrected chi connectivity index (χ4v) is 4.73. The van der Waals surface area contributed by atoms with E-state index >= 15 is 0 Å². The predicted octanol–water partition coefficient (Wildman–Crippen LogP) is 3.14. The zero-order chi connectivity index (χ0) is 15.4. The topological polar surface area (TPSA) is 89.5 Å². The van der Waals surface area contributed by atoms with Crippen molar-refractivity contribution >= 4 is 15.6 Å². The summed E-state index contributed by atoms with van der Waals surface area (Å²) in [7, 11) is -6.97. The average Bonchev–Trinajstić information content (AvgIpc) is 2.50. The molecule has 0 radical (unpaired) electrons. The Morgan fingerprint density at radius 3 is 1.43 bits per heavy atom. The van der Waals surface area contributed by atoms with E-state index in [9.17, 15) is 9.13 Å². The highest BCUT2D eigenvalue weighted by atomic mass is 31.2. The summed E-state index contributed by atoms with van der Waals surface area (Å²) < 4.78 is 55.2. The first-order valence-corrected chi connectivity index (χ1v) is 9.94. The van der Waals surface area contributed by atoms with Crippen LogP contribution in [0.25, 0.3) is 0 Å². The zero-order valence-corrected chi connectivity index (χ0v) is 14.1. The number of phosphoric acid groups is 2. The number of hydrogen-bond acceptors (Lipinski definition) is 8. The summed E-state index contributed by atoms with van der Waals surface area (Å²) in [4.78, 5) is 0. The second-order valence-electron chi connectivity index (χ2n) is 5.15. The Morgan fingerprint density at radius 1 is 0.810 bits per heavy atom. The highest BCUT2D eigenvalue weighted by Gasteiger charge is 2.49. The monoisotopic (exact) mass is 344 g/mol. The molecule has 0 bridgehead atoms. The van der Waals surface area contributed by atoms with Gasteiger partial charge in [0.05, 0.1) is 45.1 Å². The van der Waals surface area contributed by atoms with E-state index < -0.39 is 21.1 Å². The first-order valence-electron chi connectivity index (χ1n) is 7.02. The molecular formula is C11H22O8P2. The van der Waals surface area contributed by atoms with Crippen LogP contribution in [0, 0.1) is 5.41 Å². The van der Waals surface area contributed by atoms with E-state index in [1.54, 1.807) is 0 Å². The lowest BCUT2D eigenvalue weighted by Gasteiger charge is -2.41. The smallest absolute Gasteiger partial charge is 0.287 e. The van der Waals surface area contributed by atoms with Crippen LogP contribution >= 0.6 is 15.6 Å². The van der Waals surface area contributed by atoms with Crippen LogP contribution < -0.4 is 0 Å². The molecule has 2 aliphatic rings. The van der Waals surface area contributed by atoms with Crippen molar-refractivity contribution in [3.05, 3.63) is 0 Å². The maximum Gasteiger partial charge on any atom is 0.474 e. The fourth-order valence-electron chi connectivity index (χ4n) is 1.74. The zero-order valence-electron chi connectivity index (χ0n) is 12.3. The summed E-state index contributed by atoms with van der Waals surface area (Å²) in [6, 6.07) is 0. The number of phosphoric ester groups is 2. The van der Waals surface area contributed by atoms with Crippen LogP contribution in [0.4, 0.5) is 0 Å². The second kappa shape index (κ2) is 7.20. The fraction of sp³-hybridized carbons (Fsp3) is 1.00. The highest BCUT2D eigenvalue weighted by Crippen LogP contribution is 2.59. The van der Waals surface area contributed by atoms with Crippen LogP contribution in [0.2, 0.25) is 0 Å². The van der Waals surface area contributed by atoms with Gasteiger partial charge in [0.25, 0.3) is 0 Å². The van der Waals surface area contributed by atoms with E-state index in [1.807, 2.05) is 13.8 Å². The third kappa shape index (κ3) is 4.60. The summed E-state index contributed by atoms with van der Waals surface area (Å²) in [6.45, 7) is 4.80. The lowest BCUT2D eigenvalue weighted by molar-refractivity contribution is -0.0953. The van der Waals surface area contributed by atoms with Crippen molar-refractivity contribution in [3.8, 4) is 0 Å². The Hall–Kier alpha value is 0.220. The van der Waals surface area contributed by atoms with Gasteiger partial charge in [-0.05, 0) is 12.8 Å². The van der Waals surface area contributed by atoms with Crippen molar-refractivity contribution in [2.75, 3.05) is 39.6 Å². The predicted molar refractivity (Wildman–Crippen MR) is 73.9 cm³/mol. The summed E-state index contributed by atoms with van der Waals surface area (Å²) >= 11 is 0. The molecule has 0 aromatic heterocycles. The molecule has 0 aromatic rings. The maximum absolute atomic E-state index is 12.1. The van der Waals surface area contributed by atoms with E-state index in [1.165, 1.54) is 0 Å². The molecule has 10 heteroatoms. The van der Waals surface area contributed by atoms with Gasteiger partial charge in [0.1, 0.15) is 0 Å². The van der Waals surface area contributed by atoms with Crippen LogP contribution in [-0.2, 0) is 36.3 Å².